The number of hydrogen-bond acceptors (Lipinski definition) is 6. The zero-order valence-electron chi connectivity index (χ0n) is 17.5. The molecule has 6 nitrogen and oxygen atoms in total. The molecule has 3 aromatic rings. The number of anilines is 2. The quantitative estimate of drug-likeness (QED) is 0.481. The van der Waals surface area contributed by atoms with Crippen molar-refractivity contribution in [3.05, 3.63) is 69.8 Å². The minimum Gasteiger partial charge on any atom is -0.369 e. The van der Waals surface area contributed by atoms with Crippen molar-refractivity contribution < 1.29 is 12.8 Å². The second-order valence-electron chi connectivity index (χ2n) is 7.84. The zero-order chi connectivity index (χ0) is 22.7. The van der Waals surface area contributed by atoms with Crippen LogP contribution in [0.5, 0.6) is 0 Å². The molecule has 1 aliphatic heterocycles. The summed E-state index contributed by atoms with van der Waals surface area (Å²) < 4.78 is 42.3. The maximum atomic E-state index is 14.8. The predicted molar refractivity (Wildman–Crippen MR) is 128 cm³/mol. The van der Waals surface area contributed by atoms with Crippen molar-refractivity contribution in [3.8, 4) is 0 Å². The Bertz CT molecular complexity index is 1160. The van der Waals surface area contributed by atoms with Crippen LogP contribution in [0.3, 0.4) is 0 Å². The lowest BCUT2D eigenvalue weighted by Crippen LogP contribution is -2.33. The van der Waals surface area contributed by atoms with Crippen LogP contribution in [0.4, 0.5) is 15.9 Å². The summed E-state index contributed by atoms with van der Waals surface area (Å²) in [6.07, 6.45) is 2.89. The summed E-state index contributed by atoms with van der Waals surface area (Å²) in [4.78, 5) is 5.30. The van der Waals surface area contributed by atoms with Gasteiger partial charge in [0.05, 0.1) is 16.2 Å². The number of likely N-dealkylation sites (N-methyl/N-ethyl adjacent to an activating group) is 1. The van der Waals surface area contributed by atoms with Gasteiger partial charge in [0.25, 0.3) is 10.0 Å². The topological polar surface area (TPSA) is 74.3 Å². The standard InChI is InChI=1S/C22H24ClFN4O2S2/c1-28(17-9-16(25-12-17)8-7-15-5-3-2-4-6-15)20-11-19(24)21(10-18(20)23)32(29,30)27-22-13-31-14-26-22/h2-6,10-11,13-14,16-17,25,27H,7-9,12H2,1H3/t16-,17-/m0/s1. The normalized spacial score (nSPS) is 18.6. The van der Waals surface area contributed by atoms with Gasteiger partial charge in [0, 0.05) is 37.1 Å². The van der Waals surface area contributed by atoms with Crippen LogP contribution in [0, 0.1) is 5.82 Å². The van der Waals surface area contributed by atoms with Crippen LogP contribution >= 0.6 is 22.9 Å². The lowest BCUT2D eigenvalue weighted by atomic mass is 10.0. The third-order valence-corrected chi connectivity index (χ3v) is 7.97. The molecule has 2 aromatic carbocycles. The Hall–Kier alpha value is -2.20. The van der Waals surface area contributed by atoms with Gasteiger partial charge in [-0.1, -0.05) is 41.9 Å². The molecule has 0 aliphatic carbocycles. The number of hydrogen-bond donors (Lipinski definition) is 2. The molecule has 1 saturated heterocycles. The first kappa shape index (κ1) is 23.0. The number of nitrogens with one attached hydrogen (secondary N) is 2. The van der Waals surface area contributed by atoms with E-state index in [-0.39, 0.29) is 16.9 Å². The Labute approximate surface area is 196 Å². The summed E-state index contributed by atoms with van der Waals surface area (Å²) >= 11 is 7.64. The molecular formula is C22H24ClFN4O2S2. The summed E-state index contributed by atoms with van der Waals surface area (Å²) in [7, 11) is -2.28. The fourth-order valence-corrected chi connectivity index (χ4v) is 5.95. The van der Waals surface area contributed by atoms with Gasteiger partial charge in [-0.2, -0.15) is 0 Å². The van der Waals surface area contributed by atoms with Crippen LogP contribution in [0.2, 0.25) is 5.02 Å². The van der Waals surface area contributed by atoms with E-state index in [9.17, 15) is 12.8 Å². The minimum absolute atomic E-state index is 0.128. The van der Waals surface area contributed by atoms with Crippen molar-refractivity contribution in [1.29, 1.82) is 0 Å². The molecular weight excluding hydrogens is 471 g/mol. The van der Waals surface area contributed by atoms with Gasteiger partial charge < -0.3 is 10.2 Å². The SMILES string of the molecule is CN(c1cc(F)c(S(=O)(=O)Nc2cscn2)cc1Cl)[C@@H]1CN[C@@H](CCc2ccccc2)C1. The van der Waals surface area contributed by atoms with Crippen LogP contribution in [0.15, 0.2) is 58.3 Å². The number of aryl methyl sites for hydroxylation is 1. The summed E-state index contributed by atoms with van der Waals surface area (Å²) in [6.45, 7) is 0.749. The molecule has 0 bridgehead atoms. The molecule has 0 unspecified atom stereocenters. The van der Waals surface area contributed by atoms with Gasteiger partial charge in [-0.15, -0.1) is 11.3 Å². The van der Waals surface area contributed by atoms with Gasteiger partial charge in [0.15, 0.2) is 5.82 Å². The molecule has 0 saturated carbocycles. The third kappa shape index (κ3) is 5.23. The van der Waals surface area contributed by atoms with Gasteiger partial charge in [-0.3, -0.25) is 4.72 Å². The van der Waals surface area contributed by atoms with Crippen molar-refractivity contribution in [2.45, 2.75) is 36.2 Å². The Kier molecular flexibility index (Phi) is 6.99. The highest BCUT2D eigenvalue weighted by molar-refractivity contribution is 7.92. The number of thiazole rings is 1. The molecule has 1 fully saturated rings. The van der Waals surface area contributed by atoms with Gasteiger partial charge in [0.1, 0.15) is 10.7 Å². The maximum Gasteiger partial charge on any atom is 0.266 e. The number of halogens is 2. The highest BCUT2D eigenvalue weighted by atomic mass is 35.5. The van der Waals surface area contributed by atoms with Crippen molar-refractivity contribution in [2.75, 3.05) is 23.2 Å². The van der Waals surface area contributed by atoms with Crippen LogP contribution in [0.1, 0.15) is 18.4 Å². The molecule has 32 heavy (non-hydrogen) atoms. The summed E-state index contributed by atoms with van der Waals surface area (Å²) in [6, 6.07) is 13.2. The van der Waals surface area contributed by atoms with Crippen LogP contribution in [-0.2, 0) is 16.4 Å². The van der Waals surface area contributed by atoms with E-state index in [1.165, 1.54) is 33.9 Å². The van der Waals surface area contributed by atoms with Crippen molar-refractivity contribution in [3.63, 3.8) is 0 Å². The molecule has 10 heteroatoms. The minimum atomic E-state index is -4.14. The van der Waals surface area contributed by atoms with Crippen LogP contribution in [0.25, 0.3) is 0 Å². The largest absolute Gasteiger partial charge is 0.369 e. The summed E-state index contributed by atoms with van der Waals surface area (Å²) in [5, 5.41) is 5.24. The van der Waals surface area contributed by atoms with Crippen LogP contribution < -0.4 is 14.9 Å². The first-order valence-electron chi connectivity index (χ1n) is 10.2. The highest BCUT2D eigenvalue weighted by Gasteiger charge is 2.29. The molecule has 4 rings (SSSR count). The Morgan fingerprint density at radius 1 is 1.31 bits per heavy atom. The Balaban J connectivity index is 1.44. The van der Waals surface area contributed by atoms with E-state index >= 15 is 0 Å². The van der Waals surface area contributed by atoms with Gasteiger partial charge >= 0.3 is 0 Å². The molecule has 2 N–H and O–H groups in total. The number of aromatic nitrogens is 1. The molecule has 1 aliphatic rings. The number of benzene rings is 2. The fraction of sp³-hybridized carbons (Fsp3) is 0.318. The molecule has 0 spiro atoms. The molecule has 2 atom stereocenters. The monoisotopic (exact) mass is 494 g/mol. The molecule has 2 heterocycles. The second-order valence-corrected chi connectivity index (χ2v) is 10.6. The third-order valence-electron chi connectivity index (χ3n) is 5.71. The van der Waals surface area contributed by atoms with E-state index < -0.39 is 20.7 Å². The molecule has 0 radical (unpaired) electrons. The van der Waals surface area contributed by atoms with E-state index in [4.69, 9.17) is 11.6 Å². The van der Waals surface area contributed by atoms with Crippen molar-refractivity contribution in [1.82, 2.24) is 10.3 Å². The summed E-state index contributed by atoms with van der Waals surface area (Å²) in [5.41, 5.74) is 3.26. The van der Waals surface area contributed by atoms with Gasteiger partial charge in [-0.25, -0.2) is 17.8 Å². The average Bonchev–Trinajstić information content (AvgIpc) is 3.45. The predicted octanol–water partition coefficient (Wildman–Crippen LogP) is 4.54. The van der Waals surface area contributed by atoms with Gasteiger partial charge in [0.2, 0.25) is 0 Å². The molecule has 0 amide bonds. The summed E-state index contributed by atoms with van der Waals surface area (Å²) in [5.74, 6) is -0.712. The fourth-order valence-electron chi connectivity index (χ4n) is 3.94. The first-order valence-corrected chi connectivity index (χ1v) is 13.0. The van der Waals surface area contributed by atoms with E-state index in [2.05, 4.69) is 27.2 Å². The van der Waals surface area contributed by atoms with Crippen molar-refractivity contribution >= 4 is 44.5 Å². The van der Waals surface area contributed by atoms with Crippen LogP contribution in [-0.4, -0.2) is 39.1 Å². The Morgan fingerprint density at radius 3 is 2.81 bits per heavy atom. The smallest absolute Gasteiger partial charge is 0.266 e. The van der Waals surface area contributed by atoms with E-state index in [0.717, 1.165) is 31.9 Å². The van der Waals surface area contributed by atoms with E-state index in [1.807, 2.05) is 30.1 Å². The maximum absolute atomic E-state index is 14.8. The molecule has 170 valence electrons. The van der Waals surface area contributed by atoms with E-state index in [0.29, 0.717) is 11.7 Å². The first-order chi connectivity index (χ1) is 15.3. The highest BCUT2D eigenvalue weighted by Crippen LogP contribution is 2.33. The van der Waals surface area contributed by atoms with Crippen molar-refractivity contribution in [2.24, 2.45) is 0 Å². The average molecular weight is 495 g/mol. The van der Waals surface area contributed by atoms with Gasteiger partial charge in [-0.05, 0) is 30.9 Å². The lowest BCUT2D eigenvalue weighted by Gasteiger charge is -2.27. The second kappa shape index (κ2) is 9.74. The van der Waals surface area contributed by atoms with E-state index in [1.54, 1.807) is 0 Å². The number of nitrogens with zero attached hydrogens (tertiary/aromatic N) is 2. The zero-order valence-corrected chi connectivity index (χ0v) is 19.9. The lowest BCUT2D eigenvalue weighted by molar-refractivity contribution is 0.550. The number of rotatable bonds is 8. The Morgan fingerprint density at radius 2 is 2.09 bits per heavy atom. The number of sulfonamides is 1. The molecule has 1 aromatic heterocycles.